The number of benzene rings is 1. The van der Waals surface area contributed by atoms with E-state index in [4.69, 9.17) is 0 Å². The molecule has 0 aliphatic carbocycles. The van der Waals surface area contributed by atoms with Crippen LogP contribution < -0.4 is 5.32 Å². The molecule has 0 saturated carbocycles. The Hall–Kier alpha value is -1.00. The average Bonchev–Trinajstić information content (AvgIpc) is 2.67. The van der Waals surface area contributed by atoms with Gasteiger partial charge in [-0.2, -0.15) is 0 Å². The summed E-state index contributed by atoms with van der Waals surface area (Å²) in [6, 6.07) is 8.82. The lowest BCUT2D eigenvalue weighted by Gasteiger charge is -2.26. The van der Waals surface area contributed by atoms with Gasteiger partial charge in [-0.3, -0.25) is 4.79 Å². The molecule has 0 radical (unpaired) electrons. The minimum atomic E-state index is 0.0543. The Morgan fingerprint density at radius 2 is 2.05 bits per heavy atom. The SMILES string of the molecule is Cc1ccccc1C1SC(C)C(=O)N1CCNC(C)C. The highest BCUT2D eigenvalue weighted by molar-refractivity contribution is 8.01. The van der Waals surface area contributed by atoms with E-state index in [-0.39, 0.29) is 16.5 Å². The standard InChI is InChI=1S/C16H24N2OS/c1-11(2)17-9-10-18-15(19)13(4)20-16(18)14-8-6-5-7-12(14)3/h5-8,11,13,16-17H,9-10H2,1-4H3. The molecule has 0 bridgehead atoms. The van der Waals surface area contributed by atoms with Crippen molar-refractivity contribution in [1.82, 2.24) is 10.2 Å². The normalized spacial score (nSPS) is 22.9. The van der Waals surface area contributed by atoms with Crippen LogP contribution in [0.1, 0.15) is 37.3 Å². The topological polar surface area (TPSA) is 32.3 Å². The van der Waals surface area contributed by atoms with Crippen LogP contribution >= 0.6 is 11.8 Å². The largest absolute Gasteiger partial charge is 0.324 e. The van der Waals surface area contributed by atoms with Gasteiger partial charge in [0.05, 0.1) is 5.25 Å². The van der Waals surface area contributed by atoms with Gasteiger partial charge in [0.25, 0.3) is 0 Å². The summed E-state index contributed by atoms with van der Waals surface area (Å²) in [5, 5.41) is 3.61. The number of aryl methyl sites for hydroxylation is 1. The molecule has 110 valence electrons. The van der Waals surface area contributed by atoms with E-state index in [0.29, 0.717) is 6.04 Å². The van der Waals surface area contributed by atoms with Gasteiger partial charge in [0.2, 0.25) is 5.91 Å². The molecule has 1 aromatic carbocycles. The highest BCUT2D eigenvalue weighted by Gasteiger charge is 2.38. The maximum atomic E-state index is 12.4. The summed E-state index contributed by atoms with van der Waals surface area (Å²) in [6.45, 7) is 10.00. The predicted molar refractivity (Wildman–Crippen MR) is 85.8 cm³/mol. The number of carbonyl (C=O) groups excluding carboxylic acids is 1. The Morgan fingerprint density at radius 1 is 1.35 bits per heavy atom. The van der Waals surface area contributed by atoms with Gasteiger partial charge in [0.1, 0.15) is 5.37 Å². The third-order valence-electron chi connectivity index (χ3n) is 3.61. The molecule has 0 spiro atoms. The Bertz CT molecular complexity index is 475. The second-order valence-corrected chi connectivity index (χ2v) is 7.05. The maximum absolute atomic E-state index is 12.4. The van der Waals surface area contributed by atoms with Crippen LogP contribution in [0, 0.1) is 6.92 Å². The van der Waals surface area contributed by atoms with Crippen LogP contribution in [-0.4, -0.2) is 35.2 Å². The minimum absolute atomic E-state index is 0.0543. The molecule has 1 N–H and O–H groups in total. The van der Waals surface area contributed by atoms with Gasteiger partial charge in [-0.1, -0.05) is 38.1 Å². The summed E-state index contributed by atoms with van der Waals surface area (Å²) in [5.74, 6) is 0.258. The highest BCUT2D eigenvalue weighted by Crippen LogP contribution is 2.43. The number of hydrogen-bond acceptors (Lipinski definition) is 3. The lowest BCUT2D eigenvalue weighted by Crippen LogP contribution is -2.38. The van der Waals surface area contributed by atoms with Crippen LogP contribution in [0.25, 0.3) is 0 Å². The second-order valence-electron chi connectivity index (χ2n) is 5.63. The molecule has 1 aromatic rings. The lowest BCUT2D eigenvalue weighted by molar-refractivity contribution is -0.129. The van der Waals surface area contributed by atoms with Crippen molar-refractivity contribution in [3.8, 4) is 0 Å². The highest BCUT2D eigenvalue weighted by atomic mass is 32.2. The van der Waals surface area contributed by atoms with E-state index in [2.05, 4.69) is 44.3 Å². The van der Waals surface area contributed by atoms with E-state index in [9.17, 15) is 4.79 Å². The fourth-order valence-electron chi connectivity index (χ4n) is 2.48. The number of amides is 1. The fourth-order valence-corrected chi connectivity index (χ4v) is 3.89. The van der Waals surface area contributed by atoms with Crippen molar-refractivity contribution in [2.45, 2.75) is 44.4 Å². The monoisotopic (exact) mass is 292 g/mol. The third kappa shape index (κ3) is 3.36. The van der Waals surface area contributed by atoms with Gasteiger partial charge in [0.15, 0.2) is 0 Å². The van der Waals surface area contributed by atoms with Crippen molar-refractivity contribution in [2.24, 2.45) is 0 Å². The molecule has 1 saturated heterocycles. The van der Waals surface area contributed by atoms with Crippen LogP contribution in [0.2, 0.25) is 0 Å². The molecule has 3 nitrogen and oxygen atoms in total. The summed E-state index contributed by atoms with van der Waals surface area (Å²) < 4.78 is 0. The summed E-state index contributed by atoms with van der Waals surface area (Å²) in [4.78, 5) is 14.4. The van der Waals surface area contributed by atoms with Crippen molar-refractivity contribution in [1.29, 1.82) is 0 Å². The fraction of sp³-hybridized carbons (Fsp3) is 0.562. The Kier molecular flexibility index (Phi) is 5.11. The summed E-state index contributed by atoms with van der Waals surface area (Å²) in [5.41, 5.74) is 2.52. The van der Waals surface area contributed by atoms with Crippen LogP contribution in [0.5, 0.6) is 0 Å². The Morgan fingerprint density at radius 3 is 2.70 bits per heavy atom. The van der Waals surface area contributed by atoms with E-state index in [1.54, 1.807) is 11.8 Å². The number of rotatable bonds is 5. The third-order valence-corrected chi connectivity index (χ3v) is 4.98. The number of nitrogens with one attached hydrogen (secondary N) is 1. The first-order valence-electron chi connectivity index (χ1n) is 7.25. The van der Waals surface area contributed by atoms with Gasteiger partial charge in [-0.15, -0.1) is 11.8 Å². The molecule has 1 aliphatic heterocycles. The van der Waals surface area contributed by atoms with Crippen molar-refractivity contribution < 1.29 is 4.79 Å². The quantitative estimate of drug-likeness (QED) is 0.905. The maximum Gasteiger partial charge on any atom is 0.236 e. The first-order chi connectivity index (χ1) is 9.50. The molecular formula is C16H24N2OS. The number of hydrogen-bond donors (Lipinski definition) is 1. The van der Waals surface area contributed by atoms with Crippen molar-refractivity contribution in [3.05, 3.63) is 35.4 Å². The first-order valence-corrected chi connectivity index (χ1v) is 8.20. The molecule has 0 aromatic heterocycles. The number of nitrogens with zero attached hydrogens (tertiary/aromatic N) is 1. The predicted octanol–water partition coefficient (Wildman–Crippen LogP) is 2.96. The van der Waals surface area contributed by atoms with E-state index in [1.807, 2.05) is 17.9 Å². The van der Waals surface area contributed by atoms with Crippen LogP contribution in [0.15, 0.2) is 24.3 Å². The summed E-state index contributed by atoms with van der Waals surface area (Å²) in [7, 11) is 0. The zero-order chi connectivity index (χ0) is 14.7. The van der Waals surface area contributed by atoms with E-state index in [0.717, 1.165) is 13.1 Å². The summed E-state index contributed by atoms with van der Waals surface area (Å²) >= 11 is 1.76. The second kappa shape index (κ2) is 6.64. The molecule has 1 aliphatic rings. The molecule has 1 heterocycles. The van der Waals surface area contributed by atoms with Gasteiger partial charge in [0, 0.05) is 19.1 Å². The molecule has 2 rings (SSSR count). The van der Waals surface area contributed by atoms with Crippen molar-refractivity contribution in [3.63, 3.8) is 0 Å². The van der Waals surface area contributed by atoms with Crippen LogP contribution in [0.3, 0.4) is 0 Å². The smallest absolute Gasteiger partial charge is 0.236 e. The molecular weight excluding hydrogens is 268 g/mol. The number of thioether (sulfide) groups is 1. The molecule has 20 heavy (non-hydrogen) atoms. The minimum Gasteiger partial charge on any atom is -0.324 e. The van der Waals surface area contributed by atoms with Gasteiger partial charge >= 0.3 is 0 Å². The van der Waals surface area contributed by atoms with Crippen LogP contribution in [-0.2, 0) is 4.79 Å². The average molecular weight is 292 g/mol. The zero-order valence-electron chi connectivity index (χ0n) is 12.7. The Labute approximate surface area is 126 Å². The van der Waals surface area contributed by atoms with Gasteiger partial charge in [-0.25, -0.2) is 0 Å². The van der Waals surface area contributed by atoms with E-state index < -0.39 is 0 Å². The van der Waals surface area contributed by atoms with Crippen molar-refractivity contribution in [2.75, 3.05) is 13.1 Å². The lowest BCUT2D eigenvalue weighted by atomic mass is 10.1. The van der Waals surface area contributed by atoms with E-state index in [1.165, 1.54) is 11.1 Å². The Balaban J connectivity index is 2.13. The molecule has 2 unspecified atom stereocenters. The molecule has 2 atom stereocenters. The summed E-state index contributed by atoms with van der Waals surface area (Å²) in [6.07, 6.45) is 0. The number of carbonyl (C=O) groups is 1. The first kappa shape index (κ1) is 15.4. The van der Waals surface area contributed by atoms with E-state index >= 15 is 0 Å². The van der Waals surface area contributed by atoms with Crippen LogP contribution in [0.4, 0.5) is 0 Å². The molecule has 1 fully saturated rings. The molecule has 4 heteroatoms. The molecule has 1 amide bonds. The van der Waals surface area contributed by atoms with Crippen molar-refractivity contribution >= 4 is 17.7 Å². The zero-order valence-corrected chi connectivity index (χ0v) is 13.5. The van der Waals surface area contributed by atoms with Gasteiger partial charge in [-0.05, 0) is 25.0 Å². The van der Waals surface area contributed by atoms with Gasteiger partial charge < -0.3 is 10.2 Å².